The summed E-state index contributed by atoms with van der Waals surface area (Å²) in [4.78, 5) is 16.0. The van der Waals surface area contributed by atoms with E-state index in [1.807, 2.05) is 26.1 Å². The third-order valence-corrected chi connectivity index (χ3v) is 2.95. The van der Waals surface area contributed by atoms with Gasteiger partial charge in [-0.25, -0.2) is 0 Å². The van der Waals surface area contributed by atoms with E-state index in [1.165, 1.54) is 0 Å². The number of carbonyl (C=O) groups is 1. The van der Waals surface area contributed by atoms with Crippen LogP contribution >= 0.6 is 0 Å². The van der Waals surface area contributed by atoms with Crippen molar-refractivity contribution in [3.05, 3.63) is 23.5 Å². The Balaban J connectivity index is 1.82. The molecule has 0 aliphatic heterocycles. The van der Waals surface area contributed by atoms with Crippen LogP contribution in [0, 0.1) is 6.92 Å². The van der Waals surface area contributed by atoms with Crippen molar-refractivity contribution in [2.45, 2.75) is 38.8 Å². The van der Waals surface area contributed by atoms with Crippen molar-refractivity contribution >= 4 is 5.91 Å². The highest BCUT2D eigenvalue weighted by molar-refractivity contribution is 5.76. The molecule has 1 saturated carbocycles. The Bertz CT molecular complexity index is 444. The van der Waals surface area contributed by atoms with Gasteiger partial charge in [-0.1, -0.05) is 0 Å². The van der Waals surface area contributed by atoms with Crippen LogP contribution in [-0.2, 0) is 11.3 Å². The maximum absolute atomic E-state index is 11.5. The number of hydrogen-bond donors (Lipinski definition) is 2. The van der Waals surface area contributed by atoms with E-state index in [2.05, 4.69) is 15.6 Å². The number of nitrogens with one attached hydrogen (secondary N) is 2. The fourth-order valence-electron chi connectivity index (χ4n) is 1.80. The van der Waals surface area contributed by atoms with Crippen molar-refractivity contribution in [1.82, 2.24) is 15.6 Å². The number of carbonyl (C=O) groups excluding carboxylic acids is 1. The molecule has 1 amide bonds. The van der Waals surface area contributed by atoms with Crippen molar-refractivity contribution in [3.8, 4) is 5.75 Å². The zero-order valence-electron chi connectivity index (χ0n) is 11.5. The summed E-state index contributed by atoms with van der Waals surface area (Å²) in [5.74, 6) is 0.817. The van der Waals surface area contributed by atoms with Gasteiger partial charge in [0.1, 0.15) is 5.75 Å². The minimum atomic E-state index is 0.0673. The Labute approximate surface area is 113 Å². The van der Waals surface area contributed by atoms with Gasteiger partial charge in [0.2, 0.25) is 5.91 Å². The predicted molar refractivity (Wildman–Crippen MR) is 73.0 cm³/mol. The molecule has 104 valence electrons. The number of pyridine rings is 1. The van der Waals surface area contributed by atoms with Crippen LogP contribution in [-0.4, -0.2) is 30.6 Å². The SMILES string of the molecule is CNCc1nc(C)ccc1OCCC(=O)NC1CC1. The fourth-order valence-corrected chi connectivity index (χ4v) is 1.80. The van der Waals surface area contributed by atoms with Crippen LogP contribution < -0.4 is 15.4 Å². The Morgan fingerprint density at radius 1 is 1.47 bits per heavy atom. The Hall–Kier alpha value is -1.62. The molecule has 1 fully saturated rings. The van der Waals surface area contributed by atoms with Gasteiger partial charge in [0, 0.05) is 18.3 Å². The van der Waals surface area contributed by atoms with Crippen molar-refractivity contribution in [2.75, 3.05) is 13.7 Å². The summed E-state index contributed by atoms with van der Waals surface area (Å²) >= 11 is 0. The van der Waals surface area contributed by atoms with Crippen molar-refractivity contribution in [1.29, 1.82) is 0 Å². The van der Waals surface area contributed by atoms with Gasteiger partial charge in [-0.05, 0) is 38.9 Å². The molecule has 0 aromatic carbocycles. The van der Waals surface area contributed by atoms with E-state index in [4.69, 9.17) is 4.74 Å². The lowest BCUT2D eigenvalue weighted by atomic mass is 10.3. The number of rotatable bonds is 7. The molecule has 0 saturated heterocycles. The van der Waals surface area contributed by atoms with Gasteiger partial charge in [-0.2, -0.15) is 0 Å². The third kappa shape index (κ3) is 4.52. The number of hydrogen-bond acceptors (Lipinski definition) is 4. The molecule has 5 nitrogen and oxygen atoms in total. The Morgan fingerprint density at radius 3 is 2.95 bits per heavy atom. The predicted octanol–water partition coefficient (Wildman–Crippen LogP) is 1.16. The first-order chi connectivity index (χ1) is 9.19. The van der Waals surface area contributed by atoms with E-state index in [-0.39, 0.29) is 5.91 Å². The molecule has 0 spiro atoms. The fraction of sp³-hybridized carbons (Fsp3) is 0.571. The lowest BCUT2D eigenvalue weighted by molar-refractivity contribution is -0.121. The summed E-state index contributed by atoms with van der Waals surface area (Å²) in [5, 5.41) is 6.01. The molecule has 5 heteroatoms. The molecule has 1 aromatic rings. The van der Waals surface area contributed by atoms with Crippen LogP contribution in [0.15, 0.2) is 12.1 Å². The lowest BCUT2D eigenvalue weighted by Gasteiger charge is -2.11. The number of ether oxygens (including phenoxy) is 1. The largest absolute Gasteiger partial charge is 0.491 e. The van der Waals surface area contributed by atoms with Crippen molar-refractivity contribution < 1.29 is 9.53 Å². The highest BCUT2D eigenvalue weighted by atomic mass is 16.5. The van der Waals surface area contributed by atoms with E-state index >= 15 is 0 Å². The average Bonchev–Trinajstić information content (AvgIpc) is 3.16. The van der Waals surface area contributed by atoms with E-state index < -0.39 is 0 Å². The first-order valence-electron chi connectivity index (χ1n) is 6.72. The molecule has 0 unspecified atom stereocenters. The van der Waals surface area contributed by atoms with Crippen LogP contribution in [0.25, 0.3) is 0 Å². The summed E-state index contributed by atoms with van der Waals surface area (Å²) in [6, 6.07) is 4.24. The topological polar surface area (TPSA) is 63.3 Å². The third-order valence-electron chi connectivity index (χ3n) is 2.95. The second-order valence-corrected chi connectivity index (χ2v) is 4.87. The normalized spacial score (nSPS) is 14.2. The minimum absolute atomic E-state index is 0.0673. The molecule has 1 heterocycles. The summed E-state index contributed by atoms with van der Waals surface area (Å²) < 4.78 is 5.65. The standard InChI is InChI=1S/C14H21N3O2/c1-10-3-6-13(12(16-10)9-15-2)19-8-7-14(18)17-11-4-5-11/h3,6,11,15H,4-5,7-9H2,1-2H3,(H,17,18). The van der Waals surface area contributed by atoms with E-state index in [0.717, 1.165) is 30.0 Å². The first-order valence-corrected chi connectivity index (χ1v) is 6.72. The zero-order chi connectivity index (χ0) is 13.7. The van der Waals surface area contributed by atoms with Crippen LogP contribution in [0.4, 0.5) is 0 Å². The van der Waals surface area contributed by atoms with Crippen LogP contribution in [0.2, 0.25) is 0 Å². The smallest absolute Gasteiger partial charge is 0.223 e. The molecule has 2 rings (SSSR count). The van der Waals surface area contributed by atoms with Crippen LogP contribution in [0.3, 0.4) is 0 Å². The average molecular weight is 263 g/mol. The van der Waals surface area contributed by atoms with E-state index in [1.54, 1.807) is 0 Å². The maximum atomic E-state index is 11.5. The lowest BCUT2D eigenvalue weighted by Crippen LogP contribution is -2.26. The summed E-state index contributed by atoms with van der Waals surface area (Å²) in [7, 11) is 1.87. The highest BCUT2D eigenvalue weighted by Gasteiger charge is 2.22. The molecular weight excluding hydrogens is 242 g/mol. The van der Waals surface area contributed by atoms with Gasteiger partial charge in [-0.3, -0.25) is 9.78 Å². The van der Waals surface area contributed by atoms with Gasteiger partial charge in [0.05, 0.1) is 18.7 Å². The van der Waals surface area contributed by atoms with Crippen LogP contribution in [0.1, 0.15) is 30.7 Å². The highest BCUT2D eigenvalue weighted by Crippen LogP contribution is 2.19. The number of aromatic nitrogens is 1. The van der Waals surface area contributed by atoms with Gasteiger partial charge in [-0.15, -0.1) is 0 Å². The van der Waals surface area contributed by atoms with Crippen molar-refractivity contribution in [3.63, 3.8) is 0 Å². The van der Waals surface area contributed by atoms with Crippen LogP contribution in [0.5, 0.6) is 5.75 Å². The summed E-state index contributed by atoms with van der Waals surface area (Å²) in [5.41, 5.74) is 1.84. The molecule has 0 radical (unpaired) electrons. The van der Waals surface area contributed by atoms with Gasteiger partial charge >= 0.3 is 0 Å². The zero-order valence-corrected chi connectivity index (χ0v) is 11.5. The number of nitrogens with zero attached hydrogens (tertiary/aromatic N) is 1. The van der Waals surface area contributed by atoms with Gasteiger partial charge in [0.25, 0.3) is 0 Å². The molecule has 1 aromatic heterocycles. The summed E-state index contributed by atoms with van der Waals surface area (Å²) in [6.07, 6.45) is 2.62. The molecule has 0 bridgehead atoms. The molecule has 1 aliphatic carbocycles. The number of amides is 1. The van der Waals surface area contributed by atoms with E-state index in [9.17, 15) is 4.79 Å². The monoisotopic (exact) mass is 263 g/mol. The molecule has 1 aliphatic rings. The molecule has 19 heavy (non-hydrogen) atoms. The maximum Gasteiger partial charge on any atom is 0.223 e. The first kappa shape index (κ1) is 13.8. The van der Waals surface area contributed by atoms with E-state index in [0.29, 0.717) is 25.6 Å². The van der Waals surface area contributed by atoms with Gasteiger partial charge in [0.15, 0.2) is 0 Å². The Kier molecular flexibility index (Phi) is 4.74. The minimum Gasteiger partial charge on any atom is -0.491 e. The second kappa shape index (κ2) is 6.52. The quantitative estimate of drug-likeness (QED) is 0.775. The molecule has 2 N–H and O–H groups in total. The Morgan fingerprint density at radius 2 is 2.26 bits per heavy atom. The van der Waals surface area contributed by atoms with Crippen molar-refractivity contribution in [2.24, 2.45) is 0 Å². The van der Waals surface area contributed by atoms with Gasteiger partial charge < -0.3 is 15.4 Å². The number of aryl methyl sites for hydroxylation is 1. The molecular formula is C14H21N3O2. The molecule has 0 atom stereocenters. The second-order valence-electron chi connectivity index (χ2n) is 4.87. The summed E-state index contributed by atoms with van der Waals surface area (Å²) in [6.45, 7) is 3.00.